The van der Waals surface area contributed by atoms with E-state index in [1.165, 1.54) is 0 Å². The minimum atomic E-state index is -0.226. The van der Waals surface area contributed by atoms with E-state index in [0.29, 0.717) is 19.6 Å². The van der Waals surface area contributed by atoms with Gasteiger partial charge in [-0.1, -0.05) is 20.8 Å². The maximum absolute atomic E-state index is 12.1. The monoisotopic (exact) mass is 300 g/mol. The van der Waals surface area contributed by atoms with Crippen LogP contribution in [0.25, 0.3) is 0 Å². The molecule has 5 heteroatoms. The first-order chi connectivity index (χ1) is 10.1. The van der Waals surface area contributed by atoms with E-state index in [1.807, 2.05) is 11.8 Å². The van der Waals surface area contributed by atoms with Gasteiger partial charge in [0, 0.05) is 19.5 Å². The maximum atomic E-state index is 12.1. The van der Waals surface area contributed by atoms with Gasteiger partial charge in [0.15, 0.2) is 0 Å². The predicted octanol–water partition coefficient (Wildman–Crippen LogP) is 2.30. The molecule has 0 fully saturated rings. The van der Waals surface area contributed by atoms with Crippen molar-refractivity contribution < 1.29 is 14.3 Å². The fourth-order valence-corrected chi connectivity index (χ4v) is 2.22. The quantitative estimate of drug-likeness (QED) is 0.519. The van der Waals surface area contributed by atoms with Gasteiger partial charge in [0.25, 0.3) is 0 Å². The molecule has 1 amide bonds. The lowest BCUT2D eigenvalue weighted by molar-refractivity contribution is -0.144. The second-order valence-electron chi connectivity index (χ2n) is 5.07. The fourth-order valence-electron chi connectivity index (χ4n) is 2.22. The number of carbonyl (C=O) groups is 2. The predicted molar refractivity (Wildman–Crippen MR) is 85.1 cm³/mol. The molecule has 0 unspecified atom stereocenters. The maximum Gasteiger partial charge on any atom is 0.307 e. The number of hydrogen-bond donors (Lipinski definition) is 0. The highest BCUT2D eigenvalue weighted by Gasteiger charge is 2.14. The summed E-state index contributed by atoms with van der Waals surface area (Å²) in [6, 6.07) is 0. The zero-order chi connectivity index (χ0) is 16.1. The molecule has 0 aromatic heterocycles. The zero-order valence-corrected chi connectivity index (χ0v) is 14.2. The van der Waals surface area contributed by atoms with Crippen molar-refractivity contribution in [1.82, 2.24) is 9.80 Å². The number of amides is 1. The lowest BCUT2D eigenvalue weighted by Gasteiger charge is -2.24. The van der Waals surface area contributed by atoms with Crippen LogP contribution in [0.3, 0.4) is 0 Å². The van der Waals surface area contributed by atoms with Crippen molar-refractivity contribution in [3.05, 3.63) is 0 Å². The van der Waals surface area contributed by atoms with Crippen molar-refractivity contribution in [2.75, 3.05) is 39.3 Å². The van der Waals surface area contributed by atoms with Gasteiger partial charge in [-0.05, 0) is 39.4 Å². The fraction of sp³-hybridized carbons (Fsp3) is 0.875. The lowest BCUT2D eigenvalue weighted by atomic mass is 10.2. The van der Waals surface area contributed by atoms with Crippen LogP contribution in [0.5, 0.6) is 0 Å². The Balaban J connectivity index is 4.26. The Bertz CT molecular complexity index is 291. The zero-order valence-electron chi connectivity index (χ0n) is 14.2. The Morgan fingerprint density at radius 1 is 0.905 bits per heavy atom. The SMILES string of the molecule is CCCC(=O)N(CCCN(CC)CC)CCC(=O)OCC. The Kier molecular flexibility index (Phi) is 12.0. The van der Waals surface area contributed by atoms with E-state index in [1.54, 1.807) is 6.92 Å². The molecule has 0 bridgehead atoms. The third-order valence-electron chi connectivity index (χ3n) is 3.50. The first-order valence-corrected chi connectivity index (χ1v) is 8.24. The summed E-state index contributed by atoms with van der Waals surface area (Å²) < 4.78 is 4.92. The first kappa shape index (κ1) is 19.9. The second-order valence-corrected chi connectivity index (χ2v) is 5.07. The van der Waals surface area contributed by atoms with E-state index in [0.717, 1.165) is 39.0 Å². The smallest absolute Gasteiger partial charge is 0.307 e. The summed E-state index contributed by atoms with van der Waals surface area (Å²) in [5.41, 5.74) is 0. The second kappa shape index (κ2) is 12.6. The van der Waals surface area contributed by atoms with E-state index in [2.05, 4.69) is 18.7 Å². The lowest BCUT2D eigenvalue weighted by Crippen LogP contribution is -2.36. The standard InChI is InChI=1S/C16H32N2O3/c1-5-10-15(19)18(14-11-16(20)21-8-4)13-9-12-17(6-2)7-3/h5-14H2,1-4H3. The molecule has 0 radical (unpaired) electrons. The first-order valence-electron chi connectivity index (χ1n) is 8.24. The van der Waals surface area contributed by atoms with Gasteiger partial charge in [0.05, 0.1) is 13.0 Å². The molecular weight excluding hydrogens is 268 g/mol. The number of esters is 1. The van der Waals surface area contributed by atoms with Crippen molar-refractivity contribution in [2.45, 2.75) is 53.4 Å². The molecule has 21 heavy (non-hydrogen) atoms. The normalized spacial score (nSPS) is 10.7. The highest BCUT2D eigenvalue weighted by atomic mass is 16.5. The van der Waals surface area contributed by atoms with Crippen LogP contribution in [0, 0.1) is 0 Å². The molecule has 0 N–H and O–H groups in total. The van der Waals surface area contributed by atoms with Gasteiger partial charge < -0.3 is 14.5 Å². The van der Waals surface area contributed by atoms with Crippen LogP contribution in [0.2, 0.25) is 0 Å². The number of nitrogens with zero attached hydrogens (tertiary/aromatic N) is 2. The third kappa shape index (κ3) is 9.45. The molecule has 0 aliphatic rings. The van der Waals surface area contributed by atoms with Crippen molar-refractivity contribution >= 4 is 11.9 Å². The molecule has 0 atom stereocenters. The van der Waals surface area contributed by atoms with Gasteiger partial charge in [-0.2, -0.15) is 0 Å². The number of rotatable bonds is 12. The number of carbonyl (C=O) groups excluding carboxylic acids is 2. The topological polar surface area (TPSA) is 49.9 Å². The number of hydrogen-bond acceptors (Lipinski definition) is 4. The largest absolute Gasteiger partial charge is 0.466 e. The molecule has 0 saturated carbocycles. The van der Waals surface area contributed by atoms with E-state index >= 15 is 0 Å². The minimum absolute atomic E-state index is 0.140. The average molecular weight is 300 g/mol. The van der Waals surface area contributed by atoms with Crippen molar-refractivity contribution in [1.29, 1.82) is 0 Å². The minimum Gasteiger partial charge on any atom is -0.466 e. The summed E-state index contributed by atoms with van der Waals surface area (Å²) in [5, 5.41) is 0. The molecule has 5 nitrogen and oxygen atoms in total. The van der Waals surface area contributed by atoms with Crippen LogP contribution in [-0.2, 0) is 14.3 Å². The Hall–Kier alpha value is -1.10. The van der Waals surface area contributed by atoms with Crippen LogP contribution >= 0.6 is 0 Å². The van der Waals surface area contributed by atoms with Gasteiger partial charge in [-0.25, -0.2) is 0 Å². The summed E-state index contributed by atoms with van der Waals surface area (Å²) in [5.74, 6) is -0.0862. The van der Waals surface area contributed by atoms with Gasteiger partial charge in [-0.3, -0.25) is 9.59 Å². The number of ether oxygens (including phenoxy) is 1. The average Bonchev–Trinajstić information content (AvgIpc) is 2.47. The summed E-state index contributed by atoms with van der Waals surface area (Å²) in [7, 11) is 0. The Labute approximate surface area is 129 Å². The molecule has 0 aromatic carbocycles. The van der Waals surface area contributed by atoms with Crippen LogP contribution in [0.15, 0.2) is 0 Å². The molecule has 0 heterocycles. The van der Waals surface area contributed by atoms with E-state index in [9.17, 15) is 9.59 Å². The Morgan fingerprint density at radius 3 is 2.10 bits per heavy atom. The van der Waals surface area contributed by atoms with E-state index < -0.39 is 0 Å². The highest BCUT2D eigenvalue weighted by Crippen LogP contribution is 2.03. The van der Waals surface area contributed by atoms with Gasteiger partial charge >= 0.3 is 5.97 Å². The van der Waals surface area contributed by atoms with Gasteiger partial charge in [0.2, 0.25) is 5.91 Å². The summed E-state index contributed by atoms with van der Waals surface area (Å²) in [4.78, 5) is 27.7. The van der Waals surface area contributed by atoms with Gasteiger partial charge in [-0.15, -0.1) is 0 Å². The molecule has 0 rings (SSSR count). The van der Waals surface area contributed by atoms with Crippen molar-refractivity contribution in [2.24, 2.45) is 0 Å². The van der Waals surface area contributed by atoms with Gasteiger partial charge in [0.1, 0.15) is 0 Å². The summed E-state index contributed by atoms with van der Waals surface area (Å²) in [6.45, 7) is 12.7. The van der Waals surface area contributed by atoms with Crippen LogP contribution in [-0.4, -0.2) is 61.0 Å². The van der Waals surface area contributed by atoms with Crippen LogP contribution < -0.4 is 0 Å². The Morgan fingerprint density at radius 2 is 1.57 bits per heavy atom. The molecule has 0 saturated heterocycles. The molecule has 124 valence electrons. The third-order valence-corrected chi connectivity index (χ3v) is 3.50. The molecule has 0 aliphatic carbocycles. The molecule has 0 aromatic rings. The van der Waals surface area contributed by atoms with E-state index in [-0.39, 0.29) is 18.3 Å². The van der Waals surface area contributed by atoms with E-state index in [4.69, 9.17) is 4.74 Å². The highest BCUT2D eigenvalue weighted by molar-refractivity contribution is 5.77. The van der Waals surface area contributed by atoms with Crippen molar-refractivity contribution in [3.8, 4) is 0 Å². The van der Waals surface area contributed by atoms with Crippen LogP contribution in [0.4, 0.5) is 0 Å². The molecular formula is C16H32N2O3. The van der Waals surface area contributed by atoms with Crippen LogP contribution in [0.1, 0.15) is 53.4 Å². The molecule has 0 aliphatic heterocycles. The molecule has 0 spiro atoms. The summed E-state index contributed by atoms with van der Waals surface area (Å²) >= 11 is 0. The summed E-state index contributed by atoms with van der Waals surface area (Å²) in [6.07, 6.45) is 2.62. The van der Waals surface area contributed by atoms with Crippen molar-refractivity contribution in [3.63, 3.8) is 0 Å².